The largest absolute Gasteiger partial charge is 0.476 e. The highest BCUT2D eigenvalue weighted by Crippen LogP contribution is 2.05. The first-order valence-corrected chi connectivity index (χ1v) is 5.64. The van der Waals surface area contributed by atoms with Crippen LogP contribution < -0.4 is 5.32 Å². The Kier molecular flexibility index (Phi) is 3.65. The van der Waals surface area contributed by atoms with E-state index in [1.165, 1.54) is 18.8 Å². The van der Waals surface area contributed by atoms with E-state index >= 15 is 0 Å². The molecule has 0 aromatic carbocycles. The molecule has 2 rings (SSSR count). The maximum atomic E-state index is 11.7. The minimum absolute atomic E-state index is 0.0169. The van der Waals surface area contributed by atoms with Crippen molar-refractivity contribution in [2.24, 2.45) is 0 Å². The number of carbonyl (C=O) groups excluding carboxylic acids is 1. The fraction of sp³-hybridized carbons (Fsp3) is 0.250. The minimum atomic E-state index is -1.07. The van der Waals surface area contributed by atoms with Crippen molar-refractivity contribution < 1.29 is 19.1 Å². The molecule has 0 aliphatic carbocycles. The topological polar surface area (TPSA) is 97.4 Å². The van der Waals surface area contributed by atoms with Gasteiger partial charge in [0, 0.05) is 19.3 Å². The van der Waals surface area contributed by atoms with Gasteiger partial charge in [-0.1, -0.05) is 0 Å². The number of carboxylic acids is 1. The highest BCUT2D eigenvalue weighted by Gasteiger charge is 2.09. The summed E-state index contributed by atoms with van der Waals surface area (Å²) in [7, 11) is 0. The first-order valence-electron chi connectivity index (χ1n) is 5.64. The van der Waals surface area contributed by atoms with Crippen molar-refractivity contribution in [1.82, 2.24) is 14.9 Å². The molecule has 0 radical (unpaired) electrons. The smallest absolute Gasteiger partial charge is 0.356 e. The lowest BCUT2D eigenvalue weighted by Crippen LogP contribution is -2.26. The maximum Gasteiger partial charge on any atom is 0.356 e. The molecular formula is C12H13N3O4. The standard InChI is InChI=1S/C12H13N3O4/c1-8-4-9(6-19-8)11(16)13-2-3-15-5-10(12(17)18)14-7-15/h4-7H,2-3H2,1H3,(H,13,16)(H,17,18). The number of carboxylic acid groups (broad SMARTS) is 1. The van der Waals surface area contributed by atoms with Crippen LogP contribution in [0.2, 0.25) is 0 Å². The van der Waals surface area contributed by atoms with Gasteiger partial charge in [-0.3, -0.25) is 4.79 Å². The van der Waals surface area contributed by atoms with Crippen LogP contribution in [0, 0.1) is 6.92 Å². The third-order valence-corrected chi connectivity index (χ3v) is 2.50. The molecule has 2 aromatic rings. The molecule has 1 amide bonds. The molecule has 0 bridgehead atoms. The molecule has 0 atom stereocenters. The van der Waals surface area contributed by atoms with Gasteiger partial charge in [0.15, 0.2) is 5.69 Å². The number of aryl methyl sites for hydroxylation is 1. The van der Waals surface area contributed by atoms with E-state index in [4.69, 9.17) is 9.52 Å². The molecule has 2 heterocycles. The number of furan rings is 1. The fourth-order valence-corrected chi connectivity index (χ4v) is 1.56. The van der Waals surface area contributed by atoms with E-state index in [0.29, 0.717) is 24.4 Å². The Balaban J connectivity index is 1.83. The Morgan fingerprint density at radius 2 is 2.32 bits per heavy atom. The van der Waals surface area contributed by atoms with Crippen LogP contribution in [-0.4, -0.2) is 33.1 Å². The average molecular weight is 263 g/mol. The van der Waals surface area contributed by atoms with E-state index in [2.05, 4.69) is 10.3 Å². The molecule has 19 heavy (non-hydrogen) atoms. The maximum absolute atomic E-state index is 11.7. The van der Waals surface area contributed by atoms with Crippen LogP contribution in [0.25, 0.3) is 0 Å². The summed E-state index contributed by atoms with van der Waals surface area (Å²) in [6.07, 6.45) is 4.22. The van der Waals surface area contributed by atoms with Crippen LogP contribution in [-0.2, 0) is 6.54 Å². The second kappa shape index (κ2) is 5.38. The zero-order chi connectivity index (χ0) is 13.8. The molecular weight excluding hydrogens is 250 g/mol. The lowest BCUT2D eigenvalue weighted by Gasteiger charge is -2.03. The summed E-state index contributed by atoms with van der Waals surface area (Å²) in [5.74, 6) is -0.627. The number of hydrogen-bond acceptors (Lipinski definition) is 4. The lowest BCUT2D eigenvalue weighted by atomic mass is 10.3. The number of rotatable bonds is 5. The Labute approximate surface area is 108 Å². The number of aromatic nitrogens is 2. The van der Waals surface area contributed by atoms with Crippen LogP contribution >= 0.6 is 0 Å². The molecule has 2 N–H and O–H groups in total. The summed E-state index contributed by atoms with van der Waals surface area (Å²) in [6, 6.07) is 1.65. The van der Waals surface area contributed by atoms with Gasteiger partial charge in [0.05, 0.1) is 11.9 Å². The first-order chi connectivity index (χ1) is 9.06. The number of imidazole rings is 1. The van der Waals surface area contributed by atoms with Gasteiger partial charge in [0.2, 0.25) is 0 Å². The van der Waals surface area contributed by atoms with Crippen LogP contribution in [0.1, 0.15) is 26.6 Å². The van der Waals surface area contributed by atoms with Gasteiger partial charge in [-0.2, -0.15) is 0 Å². The minimum Gasteiger partial charge on any atom is -0.476 e. The molecule has 0 spiro atoms. The lowest BCUT2D eigenvalue weighted by molar-refractivity contribution is 0.0690. The Bertz CT molecular complexity index is 600. The highest BCUT2D eigenvalue weighted by atomic mass is 16.4. The predicted octanol–water partition coefficient (Wildman–Crippen LogP) is 0.913. The Morgan fingerprint density at radius 3 is 2.89 bits per heavy atom. The SMILES string of the molecule is Cc1cc(C(=O)NCCn2cnc(C(=O)O)c2)co1. The summed E-state index contributed by atoms with van der Waals surface area (Å²) in [4.78, 5) is 26.0. The number of nitrogens with zero attached hydrogens (tertiary/aromatic N) is 2. The zero-order valence-corrected chi connectivity index (χ0v) is 10.3. The number of hydrogen-bond donors (Lipinski definition) is 2. The second-order valence-electron chi connectivity index (χ2n) is 4.00. The van der Waals surface area contributed by atoms with Crippen molar-refractivity contribution in [3.63, 3.8) is 0 Å². The van der Waals surface area contributed by atoms with E-state index in [1.807, 2.05) is 0 Å². The monoisotopic (exact) mass is 263 g/mol. The normalized spacial score (nSPS) is 10.4. The molecule has 0 aliphatic rings. The molecule has 7 heteroatoms. The zero-order valence-electron chi connectivity index (χ0n) is 10.3. The van der Waals surface area contributed by atoms with E-state index < -0.39 is 5.97 Å². The van der Waals surface area contributed by atoms with Gasteiger partial charge in [-0.15, -0.1) is 0 Å². The number of amides is 1. The van der Waals surface area contributed by atoms with E-state index in [0.717, 1.165) is 0 Å². The summed E-state index contributed by atoms with van der Waals surface area (Å²) in [6.45, 7) is 2.58. The number of carbonyl (C=O) groups is 2. The second-order valence-corrected chi connectivity index (χ2v) is 4.00. The fourth-order valence-electron chi connectivity index (χ4n) is 1.56. The van der Waals surface area contributed by atoms with Crippen LogP contribution in [0.15, 0.2) is 29.3 Å². The van der Waals surface area contributed by atoms with Gasteiger partial charge in [-0.25, -0.2) is 9.78 Å². The van der Waals surface area contributed by atoms with Crippen molar-refractivity contribution in [3.05, 3.63) is 41.9 Å². The molecule has 2 aromatic heterocycles. The van der Waals surface area contributed by atoms with Crippen molar-refractivity contribution in [3.8, 4) is 0 Å². The van der Waals surface area contributed by atoms with E-state index in [9.17, 15) is 9.59 Å². The van der Waals surface area contributed by atoms with E-state index in [1.54, 1.807) is 17.6 Å². The average Bonchev–Trinajstić information content (AvgIpc) is 2.98. The first kappa shape index (κ1) is 12.9. The Hall–Kier alpha value is -2.57. The number of aromatic carboxylic acids is 1. The van der Waals surface area contributed by atoms with Gasteiger partial charge in [-0.05, 0) is 13.0 Å². The molecule has 0 fully saturated rings. The van der Waals surface area contributed by atoms with Crippen LogP contribution in [0.5, 0.6) is 0 Å². The molecule has 0 saturated heterocycles. The third kappa shape index (κ3) is 3.21. The van der Waals surface area contributed by atoms with Crippen molar-refractivity contribution >= 4 is 11.9 Å². The molecule has 100 valence electrons. The molecule has 0 unspecified atom stereocenters. The Morgan fingerprint density at radius 1 is 1.53 bits per heavy atom. The van der Waals surface area contributed by atoms with Gasteiger partial charge < -0.3 is 19.4 Å². The summed E-state index contributed by atoms with van der Waals surface area (Å²) >= 11 is 0. The molecule has 7 nitrogen and oxygen atoms in total. The van der Waals surface area contributed by atoms with Crippen LogP contribution in [0.3, 0.4) is 0 Å². The summed E-state index contributed by atoms with van der Waals surface area (Å²) < 4.78 is 6.64. The van der Waals surface area contributed by atoms with Crippen LogP contribution in [0.4, 0.5) is 0 Å². The van der Waals surface area contributed by atoms with Crippen molar-refractivity contribution in [2.75, 3.05) is 6.54 Å². The van der Waals surface area contributed by atoms with Crippen molar-refractivity contribution in [1.29, 1.82) is 0 Å². The summed E-state index contributed by atoms with van der Waals surface area (Å²) in [5.41, 5.74) is 0.450. The van der Waals surface area contributed by atoms with Crippen molar-refractivity contribution in [2.45, 2.75) is 13.5 Å². The predicted molar refractivity (Wildman–Crippen MR) is 65.0 cm³/mol. The van der Waals surface area contributed by atoms with Gasteiger partial charge in [0.25, 0.3) is 5.91 Å². The third-order valence-electron chi connectivity index (χ3n) is 2.50. The number of nitrogens with one attached hydrogen (secondary N) is 1. The van der Waals surface area contributed by atoms with E-state index in [-0.39, 0.29) is 11.6 Å². The highest BCUT2D eigenvalue weighted by molar-refractivity contribution is 5.93. The molecule has 0 saturated carbocycles. The quantitative estimate of drug-likeness (QED) is 0.835. The molecule has 0 aliphatic heterocycles. The van der Waals surface area contributed by atoms with Gasteiger partial charge >= 0.3 is 5.97 Å². The van der Waals surface area contributed by atoms with Gasteiger partial charge in [0.1, 0.15) is 12.0 Å². The summed E-state index contributed by atoms with van der Waals surface area (Å²) in [5, 5.41) is 11.4.